The van der Waals surface area contributed by atoms with Gasteiger partial charge in [-0.15, -0.1) is 0 Å². The zero-order valence-electron chi connectivity index (χ0n) is 15.9. The number of hydrogen-bond acceptors (Lipinski definition) is 0. The predicted molar refractivity (Wildman–Crippen MR) is 113 cm³/mol. The molecular formula is C22H40P2. The zero-order valence-corrected chi connectivity index (χ0v) is 17.7. The van der Waals surface area contributed by atoms with Crippen LogP contribution in [0.1, 0.15) is 103 Å². The molecule has 2 heteroatoms. The van der Waals surface area contributed by atoms with Gasteiger partial charge in [0.1, 0.15) is 0 Å². The summed E-state index contributed by atoms with van der Waals surface area (Å²) in [6.07, 6.45) is 28.9. The highest BCUT2D eigenvalue weighted by atomic mass is 31.1. The summed E-state index contributed by atoms with van der Waals surface area (Å²) in [5.74, 6) is 0. The van der Waals surface area contributed by atoms with Crippen molar-refractivity contribution < 1.29 is 0 Å². The second kappa shape index (κ2) is 9.18. The van der Waals surface area contributed by atoms with Crippen LogP contribution in [0.3, 0.4) is 0 Å². The summed E-state index contributed by atoms with van der Waals surface area (Å²) in [5, 5.41) is 0. The van der Waals surface area contributed by atoms with Crippen molar-refractivity contribution in [3.63, 3.8) is 0 Å². The van der Waals surface area contributed by atoms with Crippen molar-refractivity contribution in [2.24, 2.45) is 0 Å². The van der Waals surface area contributed by atoms with Crippen molar-refractivity contribution in [2.75, 3.05) is 12.3 Å². The second-order valence-corrected chi connectivity index (χ2v) is 15.1. The highest BCUT2D eigenvalue weighted by Crippen LogP contribution is 2.62. The molecule has 4 saturated carbocycles. The van der Waals surface area contributed by atoms with E-state index in [1.807, 2.05) is 0 Å². The maximum absolute atomic E-state index is 1.71. The van der Waals surface area contributed by atoms with Crippen LogP contribution in [0.4, 0.5) is 0 Å². The first-order valence-electron chi connectivity index (χ1n) is 11.4. The molecule has 0 N–H and O–H groups in total. The molecule has 0 atom stereocenters. The van der Waals surface area contributed by atoms with E-state index in [-0.39, 0.29) is 0 Å². The molecule has 0 heterocycles. The molecule has 138 valence electrons. The Morgan fingerprint density at radius 1 is 0.375 bits per heavy atom. The Labute approximate surface area is 153 Å². The van der Waals surface area contributed by atoms with Gasteiger partial charge in [0.15, 0.2) is 0 Å². The first-order chi connectivity index (χ1) is 11.9. The molecule has 0 saturated heterocycles. The Hall–Kier alpha value is 0.860. The Kier molecular flexibility index (Phi) is 6.97. The van der Waals surface area contributed by atoms with Crippen LogP contribution >= 0.6 is 15.8 Å². The Morgan fingerprint density at radius 3 is 0.792 bits per heavy atom. The average molecular weight is 367 g/mol. The summed E-state index contributed by atoms with van der Waals surface area (Å²) in [4.78, 5) is 0. The first-order valence-corrected chi connectivity index (χ1v) is 14.8. The summed E-state index contributed by atoms with van der Waals surface area (Å²) in [7, 11) is 0.784. The van der Waals surface area contributed by atoms with Gasteiger partial charge in [0, 0.05) is 0 Å². The van der Waals surface area contributed by atoms with Crippen LogP contribution in [0.25, 0.3) is 0 Å². The van der Waals surface area contributed by atoms with Crippen molar-refractivity contribution >= 4 is 15.8 Å². The molecule has 4 fully saturated rings. The van der Waals surface area contributed by atoms with E-state index in [2.05, 4.69) is 0 Å². The molecule has 4 aliphatic rings. The highest BCUT2D eigenvalue weighted by molar-refractivity contribution is 7.63. The van der Waals surface area contributed by atoms with E-state index in [0.29, 0.717) is 15.8 Å². The third kappa shape index (κ3) is 4.39. The lowest BCUT2D eigenvalue weighted by Crippen LogP contribution is -2.18. The number of hydrogen-bond donors (Lipinski definition) is 0. The first kappa shape index (κ1) is 18.2. The molecule has 0 aromatic carbocycles. The molecule has 0 unspecified atom stereocenters. The van der Waals surface area contributed by atoms with Crippen LogP contribution < -0.4 is 0 Å². The van der Waals surface area contributed by atoms with Crippen molar-refractivity contribution in [2.45, 2.75) is 125 Å². The van der Waals surface area contributed by atoms with Gasteiger partial charge in [-0.05, 0) is 86.3 Å². The van der Waals surface area contributed by atoms with Crippen LogP contribution in [-0.4, -0.2) is 35.0 Å². The molecule has 4 aliphatic carbocycles. The fraction of sp³-hybridized carbons (Fsp3) is 1.00. The molecule has 0 nitrogen and oxygen atoms in total. The van der Waals surface area contributed by atoms with Gasteiger partial charge in [0.2, 0.25) is 0 Å². The quantitative estimate of drug-likeness (QED) is 0.405. The van der Waals surface area contributed by atoms with Gasteiger partial charge >= 0.3 is 0 Å². The molecule has 4 rings (SSSR count). The largest absolute Gasteiger partial charge is 0.1000 e. The molecule has 0 amide bonds. The fourth-order valence-corrected chi connectivity index (χ4v) is 15.1. The van der Waals surface area contributed by atoms with E-state index < -0.39 is 0 Å². The predicted octanol–water partition coefficient (Wildman–Crippen LogP) is 7.72. The van der Waals surface area contributed by atoms with Crippen LogP contribution in [0.15, 0.2) is 0 Å². The van der Waals surface area contributed by atoms with Crippen molar-refractivity contribution in [1.82, 2.24) is 0 Å². The molecule has 0 aliphatic heterocycles. The monoisotopic (exact) mass is 366 g/mol. The van der Waals surface area contributed by atoms with E-state index in [0.717, 1.165) is 0 Å². The van der Waals surface area contributed by atoms with E-state index in [1.54, 1.807) is 115 Å². The van der Waals surface area contributed by atoms with Gasteiger partial charge in [0.25, 0.3) is 0 Å². The molecule has 24 heavy (non-hydrogen) atoms. The van der Waals surface area contributed by atoms with Crippen LogP contribution in [0.5, 0.6) is 0 Å². The van der Waals surface area contributed by atoms with Crippen LogP contribution in [0, 0.1) is 0 Å². The molecule has 0 radical (unpaired) electrons. The van der Waals surface area contributed by atoms with E-state index >= 15 is 0 Å². The summed E-state index contributed by atoms with van der Waals surface area (Å²) in [5.41, 5.74) is 4.80. The van der Waals surface area contributed by atoms with Gasteiger partial charge in [-0.25, -0.2) is 0 Å². The number of rotatable bonds is 7. The summed E-state index contributed by atoms with van der Waals surface area (Å²) < 4.78 is 0. The van der Waals surface area contributed by atoms with Crippen molar-refractivity contribution in [3.05, 3.63) is 0 Å². The van der Waals surface area contributed by atoms with Gasteiger partial charge in [-0.3, -0.25) is 0 Å². The van der Waals surface area contributed by atoms with Crippen LogP contribution in [0.2, 0.25) is 0 Å². The third-order valence-corrected chi connectivity index (χ3v) is 15.4. The molecule has 0 bridgehead atoms. The normalized spacial score (nSPS) is 28.2. The fourth-order valence-electron chi connectivity index (χ4n) is 6.50. The Bertz CT molecular complexity index is 290. The average Bonchev–Trinajstić information content (AvgIpc) is 3.42. The van der Waals surface area contributed by atoms with E-state index in [1.165, 1.54) is 22.6 Å². The lowest BCUT2D eigenvalue weighted by atomic mass is 10.4. The zero-order chi connectivity index (χ0) is 16.2. The minimum absolute atomic E-state index is 0.392. The molecule has 0 aromatic heterocycles. The third-order valence-electron chi connectivity index (χ3n) is 7.79. The van der Waals surface area contributed by atoms with Gasteiger partial charge in [-0.2, -0.15) is 0 Å². The molecule has 0 spiro atoms. The second-order valence-electron chi connectivity index (χ2n) is 9.23. The highest BCUT2D eigenvalue weighted by Gasteiger charge is 2.36. The Balaban J connectivity index is 1.39. The van der Waals surface area contributed by atoms with E-state index in [4.69, 9.17) is 0 Å². The summed E-state index contributed by atoms with van der Waals surface area (Å²) in [6.45, 7) is 0. The molecule has 0 aromatic rings. The van der Waals surface area contributed by atoms with Crippen LogP contribution in [-0.2, 0) is 0 Å². The minimum Gasteiger partial charge on any atom is -0.1000 e. The van der Waals surface area contributed by atoms with Gasteiger partial charge in [-0.1, -0.05) is 67.2 Å². The van der Waals surface area contributed by atoms with Gasteiger partial charge < -0.3 is 0 Å². The SMILES string of the molecule is C1CCC(P(CCP(C2CCCC2)C2CCCC2)C2CCCC2)C1. The van der Waals surface area contributed by atoms with Crippen molar-refractivity contribution in [3.8, 4) is 0 Å². The maximum atomic E-state index is 1.71. The Morgan fingerprint density at radius 2 is 0.583 bits per heavy atom. The standard InChI is InChI=1S/C22H40P2/c1-2-10-19(9-1)23(20-11-3-4-12-20)17-18-24(21-13-5-6-14-21)22-15-7-8-16-22/h19-22H,1-18H2. The smallest absolute Gasteiger partial charge is 0.0207 e. The van der Waals surface area contributed by atoms with Gasteiger partial charge in [0.05, 0.1) is 0 Å². The lowest BCUT2D eigenvalue weighted by molar-refractivity contribution is 0.816. The summed E-state index contributed by atoms with van der Waals surface area (Å²) in [6, 6.07) is 0. The molecular weight excluding hydrogens is 326 g/mol. The topological polar surface area (TPSA) is 0 Å². The van der Waals surface area contributed by atoms with E-state index in [9.17, 15) is 0 Å². The summed E-state index contributed by atoms with van der Waals surface area (Å²) >= 11 is 0. The van der Waals surface area contributed by atoms with Crippen molar-refractivity contribution in [1.29, 1.82) is 0 Å². The lowest BCUT2D eigenvalue weighted by Gasteiger charge is -2.35. The minimum atomic E-state index is 0.392. The maximum Gasteiger partial charge on any atom is -0.0207 e.